The van der Waals surface area contributed by atoms with Crippen LogP contribution in [0.1, 0.15) is 82.8 Å². The summed E-state index contributed by atoms with van der Waals surface area (Å²) in [6, 6.07) is 13.5. The SMILES string of the molecule is CCCCc1ccc(-c2ccc(CCC3CC=C(C4=CCC(CCC)CC4)C(F)=C3F)cc2)cc1F. The lowest BCUT2D eigenvalue weighted by atomic mass is 9.81. The van der Waals surface area contributed by atoms with E-state index in [9.17, 15) is 13.2 Å². The average Bonchev–Trinajstić information content (AvgIpc) is 2.90. The number of aryl methyl sites for hydroxylation is 2. The van der Waals surface area contributed by atoms with E-state index in [-0.39, 0.29) is 5.82 Å². The molecule has 2 aliphatic rings. The van der Waals surface area contributed by atoms with Crippen LogP contribution >= 0.6 is 0 Å². The second kappa shape index (κ2) is 12.6. The van der Waals surface area contributed by atoms with E-state index in [1.807, 2.05) is 42.5 Å². The second-order valence-corrected chi connectivity index (χ2v) is 10.5. The molecule has 0 radical (unpaired) electrons. The van der Waals surface area contributed by atoms with Crippen LogP contribution in [0.2, 0.25) is 0 Å². The Bertz CT molecular complexity index is 1120. The van der Waals surface area contributed by atoms with E-state index >= 15 is 0 Å². The highest BCUT2D eigenvalue weighted by molar-refractivity contribution is 5.64. The van der Waals surface area contributed by atoms with E-state index in [2.05, 4.69) is 19.9 Å². The zero-order valence-corrected chi connectivity index (χ0v) is 21.8. The summed E-state index contributed by atoms with van der Waals surface area (Å²) in [7, 11) is 0. The van der Waals surface area contributed by atoms with E-state index in [1.165, 1.54) is 12.8 Å². The first-order valence-corrected chi connectivity index (χ1v) is 13.8. The van der Waals surface area contributed by atoms with Crippen LogP contribution in [0.15, 0.2) is 77.4 Å². The molecule has 0 nitrogen and oxygen atoms in total. The molecular weight excluding hydrogens is 453 g/mol. The lowest BCUT2D eigenvalue weighted by Gasteiger charge is -2.26. The molecule has 0 heterocycles. The van der Waals surface area contributed by atoms with Gasteiger partial charge in [-0.25, -0.2) is 13.2 Å². The Morgan fingerprint density at radius 1 is 0.806 bits per heavy atom. The number of hydrogen-bond donors (Lipinski definition) is 0. The Balaban J connectivity index is 1.34. The molecule has 2 atom stereocenters. The monoisotopic (exact) mass is 492 g/mol. The van der Waals surface area contributed by atoms with Gasteiger partial charge in [0, 0.05) is 11.5 Å². The van der Waals surface area contributed by atoms with Crippen molar-refractivity contribution in [3.8, 4) is 11.1 Å². The fourth-order valence-electron chi connectivity index (χ4n) is 5.58. The molecule has 0 fully saturated rings. The normalized spacial score (nSPS) is 20.4. The predicted octanol–water partition coefficient (Wildman–Crippen LogP) is 10.4. The number of allylic oxidation sites excluding steroid dienone is 6. The van der Waals surface area contributed by atoms with E-state index in [4.69, 9.17) is 0 Å². The maximum atomic E-state index is 15.0. The van der Waals surface area contributed by atoms with Gasteiger partial charge in [0.25, 0.3) is 0 Å². The molecule has 0 saturated heterocycles. The van der Waals surface area contributed by atoms with E-state index in [1.54, 1.807) is 6.07 Å². The third kappa shape index (κ3) is 6.41. The smallest absolute Gasteiger partial charge is 0.162 e. The maximum absolute atomic E-state index is 15.0. The quantitative estimate of drug-likeness (QED) is 0.309. The van der Waals surface area contributed by atoms with Gasteiger partial charge in [-0.2, -0.15) is 0 Å². The van der Waals surface area contributed by atoms with Crippen molar-refractivity contribution in [3.05, 3.63) is 94.4 Å². The highest BCUT2D eigenvalue weighted by atomic mass is 19.2. The molecule has 0 aliphatic heterocycles. The van der Waals surface area contributed by atoms with Gasteiger partial charge < -0.3 is 0 Å². The summed E-state index contributed by atoms with van der Waals surface area (Å²) in [5.74, 6) is -1.10. The molecule has 3 heteroatoms. The minimum absolute atomic E-state index is 0.149. The number of unbranched alkanes of at least 4 members (excludes halogenated alkanes) is 1. The summed E-state index contributed by atoms with van der Waals surface area (Å²) in [6.45, 7) is 4.30. The summed E-state index contributed by atoms with van der Waals surface area (Å²) in [4.78, 5) is 0. The number of benzene rings is 2. The van der Waals surface area contributed by atoms with E-state index in [0.29, 0.717) is 30.8 Å². The lowest BCUT2D eigenvalue weighted by molar-refractivity contribution is 0.397. The Morgan fingerprint density at radius 2 is 1.58 bits per heavy atom. The molecule has 0 amide bonds. The summed E-state index contributed by atoms with van der Waals surface area (Å²) in [5, 5.41) is 0. The maximum Gasteiger partial charge on any atom is 0.162 e. The van der Waals surface area contributed by atoms with Crippen molar-refractivity contribution >= 4 is 0 Å². The van der Waals surface area contributed by atoms with Crippen LogP contribution in [-0.2, 0) is 12.8 Å². The number of rotatable bonds is 10. The van der Waals surface area contributed by atoms with Crippen LogP contribution in [0.3, 0.4) is 0 Å². The largest absolute Gasteiger partial charge is 0.208 e. The summed E-state index contributed by atoms with van der Waals surface area (Å²) < 4.78 is 44.4. The number of halogens is 3. The Morgan fingerprint density at radius 3 is 2.25 bits per heavy atom. The first-order valence-electron chi connectivity index (χ1n) is 13.8. The molecule has 4 rings (SSSR count). The molecule has 0 spiro atoms. The molecule has 192 valence electrons. The second-order valence-electron chi connectivity index (χ2n) is 10.5. The third-order valence-corrected chi connectivity index (χ3v) is 7.89. The molecule has 2 unspecified atom stereocenters. The van der Waals surface area contributed by atoms with Crippen molar-refractivity contribution in [1.82, 2.24) is 0 Å². The Kier molecular flexibility index (Phi) is 9.29. The van der Waals surface area contributed by atoms with Gasteiger partial charge in [-0.3, -0.25) is 0 Å². The lowest BCUT2D eigenvalue weighted by Crippen LogP contribution is -2.13. The van der Waals surface area contributed by atoms with Gasteiger partial charge in [-0.05, 0) is 91.2 Å². The van der Waals surface area contributed by atoms with E-state index in [0.717, 1.165) is 66.4 Å². The van der Waals surface area contributed by atoms with Crippen molar-refractivity contribution in [1.29, 1.82) is 0 Å². The topological polar surface area (TPSA) is 0 Å². The van der Waals surface area contributed by atoms with Crippen LogP contribution in [-0.4, -0.2) is 0 Å². The molecular formula is C33H39F3. The summed E-state index contributed by atoms with van der Waals surface area (Å²) >= 11 is 0. The standard InChI is InChI=1S/C33H39F3/c1-3-5-7-27-18-19-29(22-31(27)34)25-13-8-24(9-14-25)12-17-28-20-21-30(33(36)32(28)35)26-15-10-23(6-4-2)11-16-26/h8-9,13-15,18-19,21-23,28H,3-7,10-12,16-17,20H2,1-2H3. The molecule has 0 bridgehead atoms. The number of hydrogen-bond acceptors (Lipinski definition) is 0. The van der Waals surface area contributed by atoms with Gasteiger partial charge in [0.05, 0.1) is 0 Å². The average molecular weight is 493 g/mol. The van der Waals surface area contributed by atoms with Crippen LogP contribution in [0, 0.1) is 17.7 Å². The van der Waals surface area contributed by atoms with Gasteiger partial charge in [0.2, 0.25) is 0 Å². The highest BCUT2D eigenvalue weighted by Gasteiger charge is 2.28. The minimum Gasteiger partial charge on any atom is -0.208 e. The molecule has 2 aromatic carbocycles. The third-order valence-electron chi connectivity index (χ3n) is 7.89. The molecule has 36 heavy (non-hydrogen) atoms. The van der Waals surface area contributed by atoms with Crippen LogP contribution in [0.5, 0.6) is 0 Å². The van der Waals surface area contributed by atoms with Crippen molar-refractivity contribution < 1.29 is 13.2 Å². The van der Waals surface area contributed by atoms with Crippen molar-refractivity contribution in [2.75, 3.05) is 0 Å². The molecule has 2 aromatic rings. The molecule has 0 aromatic heterocycles. The molecule has 0 saturated carbocycles. The summed E-state index contributed by atoms with van der Waals surface area (Å²) in [5.41, 5.74) is 5.15. The fraction of sp³-hybridized carbons (Fsp3) is 0.455. The first kappa shape index (κ1) is 26.5. The van der Waals surface area contributed by atoms with Gasteiger partial charge in [0.1, 0.15) is 11.6 Å². The van der Waals surface area contributed by atoms with Gasteiger partial charge in [-0.1, -0.05) is 81.7 Å². The van der Waals surface area contributed by atoms with Crippen LogP contribution < -0.4 is 0 Å². The van der Waals surface area contributed by atoms with E-state index < -0.39 is 17.6 Å². The predicted molar refractivity (Wildman–Crippen MR) is 145 cm³/mol. The Labute approximate surface area is 215 Å². The van der Waals surface area contributed by atoms with Crippen molar-refractivity contribution in [3.63, 3.8) is 0 Å². The molecule has 0 N–H and O–H groups in total. The van der Waals surface area contributed by atoms with Crippen LogP contribution in [0.25, 0.3) is 11.1 Å². The highest BCUT2D eigenvalue weighted by Crippen LogP contribution is 2.41. The summed E-state index contributed by atoms with van der Waals surface area (Å²) in [6.07, 6.45) is 13.9. The fourth-order valence-corrected chi connectivity index (χ4v) is 5.58. The zero-order chi connectivity index (χ0) is 25.5. The minimum atomic E-state index is -0.647. The molecule has 2 aliphatic carbocycles. The van der Waals surface area contributed by atoms with Crippen LogP contribution in [0.4, 0.5) is 13.2 Å². The van der Waals surface area contributed by atoms with Crippen molar-refractivity contribution in [2.24, 2.45) is 11.8 Å². The van der Waals surface area contributed by atoms with Gasteiger partial charge in [0.15, 0.2) is 5.83 Å². The Hall–Kier alpha value is -2.55. The first-order chi connectivity index (χ1) is 17.5. The van der Waals surface area contributed by atoms with Crippen molar-refractivity contribution in [2.45, 2.75) is 84.5 Å². The van der Waals surface area contributed by atoms with Gasteiger partial charge in [-0.15, -0.1) is 0 Å². The zero-order valence-electron chi connectivity index (χ0n) is 21.8. The van der Waals surface area contributed by atoms with Gasteiger partial charge >= 0.3 is 0 Å².